The third-order valence-corrected chi connectivity index (χ3v) is 3.45. The monoisotopic (exact) mass is 265 g/mol. The first-order valence-electron chi connectivity index (χ1n) is 6.29. The van der Waals surface area contributed by atoms with Crippen molar-refractivity contribution >= 4 is 12.0 Å². The lowest BCUT2D eigenvalue weighted by Gasteiger charge is -2.18. The number of methoxy groups -OCH3 is 1. The summed E-state index contributed by atoms with van der Waals surface area (Å²) in [4.78, 5) is 11.8. The number of aliphatic hydroxyl groups excluding tert-OH is 1. The second-order valence-corrected chi connectivity index (χ2v) is 4.67. The van der Waals surface area contributed by atoms with Gasteiger partial charge in [0.2, 0.25) is 5.91 Å². The Morgan fingerprint density at radius 1 is 1.63 bits per heavy atom. The quantitative estimate of drug-likeness (QED) is 0.756. The third kappa shape index (κ3) is 3.21. The smallest absolute Gasteiger partial charge is 0.244 e. The number of ether oxygens (including phenoxy) is 1. The molecule has 2 rings (SSSR count). The average Bonchev–Trinajstić information content (AvgIpc) is 2.95. The minimum absolute atomic E-state index is 0.189. The molecule has 104 valence electrons. The van der Waals surface area contributed by atoms with Crippen LogP contribution in [0.25, 0.3) is 6.08 Å². The van der Waals surface area contributed by atoms with E-state index in [1.54, 1.807) is 24.1 Å². The van der Waals surface area contributed by atoms with Gasteiger partial charge in [-0.2, -0.15) is 5.10 Å². The van der Waals surface area contributed by atoms with Crippen LogP contribution < -0.4 is 5.32 Å². The lowest BCUT2D eigenvalue weighted by Crippen LogP contribution is -2.42. The van der Waals surface area contributed by atoms with Crippen molar-refractivity contribution in [2.24, 2.45) is 7.05 Å². The number of aliphatic hydroxyl groups is 1. The fraction of sp³-hybridized carbons (Fsp3) is 0.538. The summed E-state index contributed by atoms with van der Waals surface area (Å²) in [6, 6.07) is 1.57. The molecule has 0 saturated heterocycles. The molecule has 6 nitrogen and oxygen atoms in total. The van der Waals surface area contributed by atoms with Crippen LogP contribution in [0.5, 0.6) is 0 Å². The molecule has 1 amide bonds. The number of carbonyl (C=O) groups is 1. The minimum atomic E-state index is -0.640. The number of carbonyl (C=O) groups excluding carboxylic acids is 1. The number of hydrogen-bond acceptors (Lipinski definition) is 4. The van der Waals surface area contributed by atoms with Gasteiger partial charge in [-0.05, 0) is 25.0 Å². The second-order valence-electron chi connectivity index (χ2n) is 4.67. The summed E-state index contributed by atoms with van der Waals surface area (Å²) in [5.41, 5.74) is 0.844. The Hall–Kier alpha value is -1.66. The summed E-state index contributed by atoms with van der Waals surface area (Å²) < 4.78 is 6.81. The zero-order chi connectivity index (χ0) is 13.8. The van der Waals surface area contributed by atoms with Crippen molar-refractivity contribution in [1.29, 1.82) is 0 Å². The van der Waals surface area contributed by atoms with E-state index in [2.05, 4.69) is 10.4 Å². The van der Waals surface area contributed by atoms with Crippen LogP contribution in [-0.2, 0) is 16.6 Å². The Bertz CT molecular complexity index is 469. The number of aryl methyl sites for hydroxylation is 1. The van der Waals surface area contributed by atoms with Gasteiger partial charge in [0.15, 0.2) is 0 Å². The Kier molecular flexibility index (Phi) is 4.34. The topological polar surface area (TPSA) is 76.4 Å². The number of nitrogens with one attached hydrogen (secondary N) is 1. The first-order chi connectivity index (χ1) is 9.11. The normalized spacial score (nSPS) is 27.0. The van der Waals surface area contributed by atoms with Crippen LogP contribution in [0.15, 0.2) is 18.3 Å². The molecule has 1 aliphatic carbocycles. The molecule has 0 spiro atoms. The highest BCUT2D eigenvalue weighted by Crippen LogP contribution is 2.22. The summed E-state index contributed by atoms with van der Waals surface area (Å²) in [5.74, 6) is -0.220. The number of amides is 1. The number of rotatable bonds is 4. The molecule has 1 saturated carbocycles. The maximum Gasteiger partial charge on any atom is 0.244 e. The Balaban J connectivity index is 1.88. The molecule has 0 unspecified atom stereocenters. The van der Waals surface area contributed by atoms with Crippen molar-refractivity contribution in [3.8, 4) is 0 Å². The summed E-state index contributed by atoms with van der Waals surface area (Å²) in [6.07, 6.45) is 5.47. The molecule has 0 aromatic carbocycles. The number of hydrogen-bond donors (Lipinski definition) is 2. The van der Waals surface area contributed by atoms with Gasteiger partial charge in [-0.25, -0.2) is 0 Å². The largest absolute Gasteiger partial charge is 0.388 e. The van der Waals surface area contributed by atoms with Crippen molar-refractivity contribution in [1.82, 2.24) is 15.1 Å². The van der Waals surface area contributed by atoms with Crippen LogP contribution in [0.3, 0.4) is 0 Å². The lowest BCUT2D eigenvalue weighted by molar-refractivity contribution is -0.118. The van der Waals surface area contributed by atoms with Crippen LogP contribution in [0.4, 0.5) is 0 Å². The van der Waals surface area contributed by atoms with Gasteiger partial charge in [0.05, 0.1) is 17.8 Å². The van der Waals surface area contributed by atoms with Crippen molar-refractivity contribution in [2.75, 3.05) is 7.11 Å². The minimum Gasteiger partial charge on any atom is -0.388 e. The van der Waals surface area contributed by atoms with Crippen LogP contribution in [0, 0.1) is 0 Å². The summed E-state index contributed by atoms with van der Waals surface area (Å²) in [5, 5.41) is 16.7. The zero-order valence-corrected chi connectivity index (χ0v) is 11.1. The summed E-state index contributed by atoms with van der Waals surface area (Å²) in [6.45, 7) is 0. The summed E-state index contributed by atoms with van der Waals surface area (Å²) in [7, 11) is 3.38. The van der Waals surface area contributed by atoms with Gasteiger partial charge >= 0.3 is 0 Å². The van der Waals surface area contributed by atoms with Crippen LogP contribution in [0.1, 0.15) is 18.5 Å². The molecule has 3 atom stereocenters. The highest BCUT2D eigenvalue weighted by atomic mass is 16.5. The molecule has 0 bridgehead atoms. The molecule has 1 fully saturated rings. The molecule has 1 aliphatic rings. The van der Waals surface area contributed by atoms with E-state index in [4.69, 9.17) is 4.74 Å². The van der Waals surface area contributed by atoms with E-state index in [0.29, 0.717) is 0 Å². The molecule has 1 aromatic heterocycles. The lowest BCUT2D eigenvalue weighted by atomic mass is 10.2. The van der Waals surface area contributed by atoms with Crippen molar-refractivity contribution in [3.05, 3.63) is 24.0 Å². The van der Waals surface area contributed by atoms with E-state index in [9.17, 15) is 9.90 Å². The average molecular weight is 265 g/mol. The molecule has 2 N–H and O–H groups in total. The Labute approximate surface area is 112 Å². The molecule has 6 heteroatoms. The van der Waals surface area contributed by atoms with E-state index in [-0.39, 0.29) is 18.1 Å². The van der Waals surface area contributed by atoms with Crippen molar-refractivity contribution in [3.63, 3.8) is 0 Å². The van der Waals surface area contributed by atoms with Gasteiger partial charge in [-0.3, -0.25) is 9.48 Å². The van der Waals surface area contributed by atoms with Gasteiger partial charge in [0, 0.05) is 26.4 Å². The fourth-order valence-electron chi connectivity index (χ4n) is 2.30. The van der Waals surface area contributed by atoms with E-state index in [1.807, 2.05) is 13.1 Å². The standard InChI is InChI=1S/C13H19N3O3/c1-16-9(7-8-14-16)3-6-12(17)15-10-4-5-11(19-2)13(10)18/h3,6-8,10-11,13,18H,4-5H2,1-2H3,(H,15,17)/b6-3+/t10-,11-,13-/m1/s1. The molecule has 0 aliphatic heterocycles. The van der Waals surface area contributed by atoms with Crippen LogP contribution in [-0.4, -0.2) is 46.2 Å². The second kappa shape index (κ2) is 5.99. The van der Waals surface area contributed by atoms with Crippen molar-refractivity contribution < 1.29 is 14.6 Å². The highest BCUT2D eigenvalue weighted by Gasteiger charge is 2.35. The van der Waals surface area contributed by atoms with Crippen LogP contribution in [0.2, 0.25) is 0 Å². The van der Waals surface area contributed by atoms with Gasteiger partial charge in [-0.1, -0.05) is 0 Å². The number of aromatic nitrogens is 2. The van der Waals surface area contributed by atoms with Gasteiger partial charge in [0.25, 0.3) is 0 Å². The highest BCUT2D eigenvalue weighted by molar-refractivity contribution is 5.91. The Morgan fingerprint density at radius 2 is 2.42 bits per heavy atom. The first-order valence-corrected chi connectivity index (χ1v) is 6.29. The molecular weight excluding hydrogens is 246 g/mol. The van der Waals surface area contributed by atoms with Gasteiger partial charge < -0.3 is 15.2 Å². The first kappa shape index (κ1) is 13.8. The molecule has 19 heavy (non-hydrogen) atoms. The predicted octanol–water partition coefficient (Wildman–Crippen LogP) is 0.0878. The van der Waals surface area contributed by atoms with Crippen molar-refractivity contribution in [2.45, 2.75) is 31.1 Å². The fourth-order valence-corrected chi connectivity index (χ4v) is 2.30. The third-order valence-electron chi connectivity index (χ3n) is 3.45. The zero-order valence-electron chi connectivity index (χ0n) is 11.1. The van der Waals surface area contributed by atoms with Gasteiger partial charge in [-0.15, -0.1) is 0 Å². The predicted molar refractivity (Wildman–Crippen MR) is 70.2 cm³/mol. The summed E-state index contributed by atoms with van der Waals surface area (Å²) >= 11 is 0. The molecule has 1 heterocycles. The van der Waals surface area contributed by atoms with Gasteiger partial charge in [0.1, 0.15) is 6.10 Å². The maximum absolute atomic E-state index is 11.8. The number of nitrogens with zero attached hydrogens (tertiary/aromatic N) is 2. The molecular formula is C13H19N3O3. The van der Waals surface area contributed by atoms with E-state index < -0.39 is 6.10 Å². The molecule has 1 aromatic rings. The van der Waals surface area contributed by atoms with E-state index in [1.165, 1.54) is 6.08 Å². The van der Waals surface area contributed by atoms with E-state index in [0.717, 1.165) is 18.5 Å². The van der Waals surface area contributed by atoms with Crippen LogP contribution >= 0.6 is 0 Å². The van der Waals surface area contributed by atoms with E-state index >= 15 is 0 Å². The SMILES string of the molecule is CO[C@@H]1CC[C@@H](NC(=O)/C=C/c2ccnn2C)[C@H]1O. The maximum atomic E-state index is 11.8. The Morgan fingerprint density at radius 3 is 3.00 bits per heavy atom. The molecule has 0 radical (unpaired) electrons.